The SMILES string of the molecule is CNC(/C=C\Nc1ccc(F)c(OC)c1)N(C)C1CCN(C)CC1.O=Cc1cccs1. The van der Waals surface area contributed by atoms with E-state index in [1.54, 1.807) is 18.2 Å². The predicted octanol–water partition coefficient (Wildman–Crippen LogP) is 3.89. The number of carbonyl (C=O) groups is 1. The van der Waals surface area contributed by atoms with Gasteiger partial charge in [0.05, 0.1) is 18.2 Å². The van der Waals surface area contributed by atoms with Crippen molar-refractivity contribution in [2.24, 2.45) is 0 Å². The summed E-state index contributed by atoms with van der Waals surface area (Å²) in [6.45, 7) is 2.28. The topological polar surface area (TPSA) is 56.8 Å². The van der Waals surface area contributed by atoms with Crippen LogP contribution in [0.1, 0.15) is 22.5 Å². The number of aldehydes is 1. The van der Waals surface area contributed by atoms with E-state index in [9.17, 15) is 9.18 Å². The molecule has 0 bridgehead atoms. The lowest BCUT2D eigenvalue weighted by Gasteiger charge is -2.38. The number of thiophene rings is 1. The lowest BCUT2D eigenvalue weighted by Crippen LogP contribution is -2.50. The van der Waals surface area contributed by atoms with Crippen LogP contribution in [0.2, 0.25) is 0 Å². The van der Waals surface area contributed by atoms with E-state index in [-0.39, 0.29) is 17.7 Å². The molecule has 8 heteroatoms. The van der Waals surface area contributed by atoms with Gasteiger partial charge in [-0.3, -0.25) is 9.69 Å². The van der Waals surface area contributed by atoms with Gasteiger partial charge in [0.1, 0.15) is 0 Å². The second kappa shape index (κ2) is 13.2. The Bertz CT molecular complexity index is 808. The van der Waals surface area contributed by atoms with Gasteiger partial charge in [0, 0.05) is 17.8 Å². The standard InChI is InChI=1S/C18H29FN4O.C5H4OS/c1-20-18(23(3)15-8-11-22(2)12-9-15)7-10-21-14-5-6-16(19)17(13-14)24-4;6-4-5-2-1-3-7-5/h5-7,10,13,15,18,20-21H,8-9,11-12H2,1-4H3;1-4H/b10-7-;. The number of benzene rings is 1. The maximum absolute atomic E-state index is 13.4. The highest BCUT2D eigenvalue weighted by atomic mass is 32.1. The Balaban J connectivity index is 0.000000412. The van der Waals surface area contributed by atoms with Crippen molar-refractivity contribution in [3.05, 3.63) is 58.7 Å². The molecule has 2 aromatic rings. The molecule has 2 heterocycles. The van der Waals surface area contributed by atoms with Crippen LogP contribution in [0.25, 0.3) is 0 Å². The fourth-order valence-electron chi connectivity index (χ4n) is 3.41. The summed E-state index contributed by atoms with van der Waals surface area (Å²) in [5, 5.41) is 8.38. The van der Waals surface area contributed by atoms with Crippen molar-refractivity contribution >= 4 is 23.3 Å². The van der Waals surface area contributed by atoms with Crippen molar-refractivity contribution in [1.29, 1.82) is 0 Å². The highest BCUT2D eigenvalue weighted by Gasteiger charge is 2.23. The quantitative estimate of drug-likeness (QED) is 0.472. The maximum Gasteiger partial charge on any atom is 0.165 e. The van der Waals surface area contributed by atoms with Crippen LogP contribution < -0.4 is 15.4 Å². The summed E-state index contributed by atoms with van der Waals surface area (Å²) >= 11 is 1.45. The molecule has 1 fully saturated rings. The fraction of sp³-hybridized carbons (Fsp3) is 0.435. The minimum atomic E-state index is -0.359. The molecule has 1 aliphatic rings. The number of rotatable bonds is 8. The van der Waals surface area contributed by atoms with Crippen LogP contribution in [0, 0.1) is 5.82 Å². The number of ether oxygens (including phenoxy) is 1. The molecule has 0 aliphatic carbocycles. The molecule has 31 heavy (non-hydrogen) atoms. The van der Waals surface area contributed by atoms with E-state index in [0.717, 1.165) is 29.9 Å². The van der Waals surface area contributed by atoms with Gasteiger partial charge in [0.25, 0.3) is 0 Å². The van der Waals surface area contributed by atoms with E-state index in [1.165, 1.54) is 37.4 Å². The molecule has 0 radical (unpaired) electrons. The summed E-state index contributed by atoms with van der Waals surface area (Å²) < 4.78 is 18.4. The molecule has 1 unspecified atom stereocenters. The second-order valence-electron chi connectivity index (χ2n) is 7.42. The van der Waals surface area contributed by atoms with Crippen LogP contribution in [0.3, 0.4) is 0 Å². The van der Waals surface area contributed by atoms with E-state index in [4.69, 9.17) is 4.74 Å². The number of nitrogens with one attached hydrogen (secondary N) is 2. The Morgan fingerprint density at radius 2 is 2.06 bits per heavy atom. The Morgan fingerprint density at radius 3 is 2.61 bits per heavy atom. The van der Waals surface area contributed by atoms with Crippen molar-refractivity contribution in [3.8, 4) is 5.75 Å². The van der Waals surface area contributed by atoms with E-state index >= 15 is 0 Å². The van der Waals surface area contributed by atoms with E-state index in [0.29, 0.717) is 6.04 Å². The van der Waals surface area contributed by atoms with Crippen molar-refractivity contribution in [3.63, 3.8) is 0 Å². The zero-order valence-electron chi connectivity index (χ0n) is 18.7. The van der Waals surface area contributed by atoms with Gasteiger partial charge in [-0.2, -0.15) is 0 Å². The molecule has 0 saturated carbocycles. The molecule has 1 saturated heterocycles. The minimum absolute atomic E-state index is 0.147. The van der Waals surface area contributed by atoms with E-state index in [1.807, 2.05) is 24.7 Å². The number of piperidine rings is 1. The number of anilines is 1. The van der Waals surface area contributed by atoms with Gasteiger partial charge in [-0.05, 0) is 82.9 Å². The maximum atomic E-state index is 13.4. The molecule has 170 valence electrons. The second-order valence-corrected chi connectivity index (χ2v) is 8.40. The largest absolute Gasteiger partial charge is 0.494 e. The van der Waals surface area contributed by atoms with Gasteiger partial charge in [0.2, 0.25) is 0 Å². The van der Waals surface area contributed by atoms with Crippen LogP contribution in [0.15, 0.2) is 48.0 Å². The van der Waals surface area contributed by atoms with Crippen molar-refractivity contribution in [2.45, 2.75) is 25.0 Å². The fourth-order valence-corrected chi connectivity index (χ4v) is 3.94. The third-order valence-electron chi connectivity index (χ3n) is 5.34. The van der Waals surface area contributed by atoms with E-state index in [2.05, 4.69) is 40.6 Å². The molecular weight excluding hydrogens is 415 g/mol. The normalized spacial score (nSPS) is 16.1. The third kappa shape index (κ3) is 8.06. The predicted molar refractivity (Wildman–Crippen MR) is 127 cm³/mol. The molecule has 1 aromatic heterocycles. The summed E-state index contributed by atoms with van der Waals surface area (Å²) in [4.78, 5) is 15.4. The molecule has 1 aliphatic heterocycles. The van der Waals surface area contributed by atoms with Gasteiger partial charge in [-0.1, -0.05) is 6.07 Å². The first kappa shape index (κ1) is 25.0. The van der Waals surface area contributed by atoms with Gasteiger partial charge in [-0.25, -0.2) is 4.39 Å². The summed E-state index contributed by atoms with van der Waals surface area (Å²) in [6, 6.07) is 8.96. The molecule has 0 amide bonds. The Hall–Kier alpha value is -2.26. The lowest BCUT2D eigenvalue weighted by molar-refractivity contribution is 0.112. The number of hydrogen-bond donors (Lipinski definition) is 2. The average Bonchev–Trinajstić information content (AvgIpc) is 3.32. The molecule has 1 atom stereocenters. The minimum Gasteiger partial charge on any atom is -0.494 e. The zero-order chi connectivity index (χ0) is 22.6. The van der Waals surface area contributed by atoms with Gasteiger partial charge in [-0.15, -0.1) is 11.3 Å². The molecule has 3 rings (SSSR count). The Labute approximate surface area is 188 Å². The number of likely N-dealkylation sites (tertiary alicyclic amines) is 1. The first-order chi connectivity index (χ1) is 15.0. The molecular formula is C23H33FN4O2S. The molecule has 0 spiro atoms. The molecule has 6 nitrogen and oxygen atoms in total. The summed E-state index contributed by atoms with van der Waals surface area (Å²) in [5.41, 5.74) is 0.793. The highest BCUT2D eigenvalue weighted by molar-refractivity contribution is 7.11. The van der Waals surface area contributed by atoms with Crippen LogP contribution in [-0.2, 0) is 0 Å². The van der Waals surface area contributed by atoms with Crippen molar-refractivity contribution in [1.82, 2.24) is 15.1 Å². The smallest absolute Gasteiger partial charge is 0.165 e. The highest BCUT2D eigenvalue weighted by Crippen LogP contribution is 2.21. The number of carbonyl (C=O) groups excluding carboxylic acids is 1. The summed E-state index contributed by atoms with van der Waals surface area (Å²) in [5.74, 6) is -0.121. The summed E-state index contributed by atoms with van der Waals surface area (Å²) in [7, 11) is 7.75. The zero-order valence-corrected chi connectivity index (χ0v) is 19.5. The van der Waals surface area contributed by atoms with E-state index < -0.39 is 0 Å². The van der Waals surface area contributed by atoms with Crippen molar-refractivity contribution < 1.29 is 13.9 Å². The van der Waals surface area contributed by atoms with Gasteiger partial charge < -0.3 is 20.3 Å². The number of nitrogens with zero attached hydrogens (tertiary/aromatic N) is 2. The van der Waals surface area contributed by atoms with Crippen molar-refractivity contribution in [2.75, 3.05) is 46.7 Å². The average molecular weight is 449 g/mol. The van der Waals surface area contributed by atoms with Crippen LogP contribution in [0.5, 0.6) is 5.75 Å². The molecule has 1 aromatic carbocycles. The van der Waals surface area contributed by atoms with Crippen LogP contribution >= 0.6 is 11.3 Å². The Morgan fingerprint density at radius 1 is 1.32 bits per heavy atom. The number of likely N-dealkylation sites (N-methyl/N-ethyl adjacent to an activating group) is 2. The number of hydrogen-bond acceptors (Lipinski definition) is 7. The van der Waals surface area contributed by atoms with Gasteiger partial charge >= 0.3 is 0 Å². The first-order valence-corrected chi connectivity index (χ1v) is 11.2. The monoisotopic (exact) mass is 448 g/mol. The number of methoxy groups -OCH3 is 1. The number of halogens is 1. The van der Waals surface area contributed by atoms with Gasteiger partial charge in [0.15, 0.2) is 17.9 Å². The lowest BCUT2D eigenvalue weighted by atomic mass is 10.0. The Kier molecular flexibility index (Phi) is 10.7. The first-order valence-electron chi connectivity index (χ1n) is 10.3. The third-order valence-corrected chi connectivity index (χ3v) is 6.14. The molecule has 2 N–H and O–H groups in total. The summed E-state index contributed by atoms with van der Waals surface area (Å²) in [6.07, 6.45) is 7.33. The van der Waals surface area contributed by atoms with Crippen LogP contribution in [-0.4, -0.2) is 69.6 Å². The van der Waals surface area contributed by atoms with Crippen LogP contribution in [0.4, 0.5) is 10.1 Å².